The third-order valence-electron chi connectivity index (χ3n) is 3.19. The van der Waals surface area contributed by atoms with Gasteiger partial charge in [0.2, 0.25) is 5.88 Å². The quantitative estimate of drug-likeness (QED) is 0.466. The van der Waals surface area contributed by atoms with Crippen LogP contribution in [0, 0.1) is 6.92 Å². The van der Waals surface area contributed by atoms with Gasteiger partial charge in [0, 0.05) is 11.8 Å². The van der Waals surface area contributed by atoms with Gasteiger partial charge in [-0.25, -0.2) is 9.78 Å². The third kappa shape index (κ3) is 4.32. The molecule has 0 aliphatic heterocycles. The normalized spacial score (nSPS) is 11.0. The highest BCUT2D eigenvalue weighted by Gasteiger charge is 2.16. The Kier molecular flexibility index (Phi) is 5.74. The Morgan fingerprint density at radius 1 is 1.13 bits per heavy atom. The molecule has 0 N–H and O–H groups in total. The summed E-state index contributed by atoms with van der Waals surface area (Å²) in [5.74, 6) is 0.0723. The standard InChI is InChI=1S/C18H19NO4/c1-13-7-6-10-17(19-13)23-11-14-8-4-5-9-15(14)16(12-21-2)18(20)22-3/h4-10,12H,11H2,1-3H3/b16-12+. The highest BCUT2D eigenvalue weighted by molar-refractivity contribution is 6.16. The fourth-order valence-corrected chi connectivity index (χ4v) is 2.11. The molecule has 0 aliphatic carbocycles. The lowest BCUT2D eigenvalue weighted by atomic mass is 10.0. The van der Waals surface area contributed by atoms with Crippen LogP contribution in [0.4, 0.5) is 0 Å². The van der Waals surface area contributed by atoms with E-state index in [0.29, 0.717) is 17.0 Å². The Morgan fingerprint density at radius 2 is 1.91 bits per heavy atom. The molecule has 0 radical (unpaired) electrons. The summed E-state index contributed by atoms with van der Waals surface area (Å²) < 4.78 is 15.5. The van der Waals surface area contributed by atoms with E-state index in [9.17, 15) is 4.79 Å². The van der Waals surface area contributed by atoms with E-state index in [4.69, 9.17) is 14.2 Å². The zero-order chi connectivity index (χ0) is 16.7. The lowest BCUT2D eigenvalue weighted by Gasteiger charge is -2.12. The largest absolute Gasteiger partial charge is 0.503 e. The zero-order valence-corrected chi connectivity index (χ0v) is 13.4. The van der Waals surface area contributed by atoms with E-state index in [1.165, 1.54) is 20.5 Å². The number of hydrogen-bond acceptors (Lipinski definition) is 5. The number of nitrogens with zero attached hydrogens (tertiary/aromatic N) is 1. The molecule has 0 aliphatic rings. The highest BCUT2D eigenvalue weighted by atomic mass is 16.5. The van der Waals surface area contributed by atoms with Gasteiger partial charge in [0.25, 0.3) is 0 Å². The van der Waals surface area contributed by atoms with Gasteiger partial charge in [-0.3, -0.25) is 0 Å². The van der Waals surface area contributed by atoms with E-state index in [1.54, 1.807) is 6.07 Å². The van der Waals surface area contributed by atoms with Crippen LogP contribution in [0.25, 0.3) is 5.57 Å². The molecule has 5 heteroatoms. The number of pyridine rings is 1. The lowest BCUT2D eigenvalue weighted by Crippen LogP contribution is -2.08. The average molecular weight is 313 g/mol. The first-order valence-electron chi connectivity index (χ1n) is 7.11. The minimum atomic E-state index is -0.465. The second kappa shape index (κ2) is 7.98. The van der Waals surface area contributed by atoms with Crippen LogP contribution in [0.1, 0.15) is 16.8 Å². The van der Waals surface area contributed by atoms with Gasteiger partial charge < -0.3 is 14.2 Å². The summed E-state index contributed by atoms with van der Waals surface area (Å²) in [6.07, 6.45) is 1.37. The van der Waals surface area contributed by atoms with Gasteiger partial charge >= 0.3 is 5.97 Å². The number of methoxy groups -OCH3 is 2. The molecule has 0 saturated carbocycles. The number of carbonyl (C=O) groups is 1. The minimum Gasteiger partial charge on any atom is -0.503 e. The van der Waals surface area contributed by atoms with Crippen LogP contribution in [0.3, 0.4) is 0 Å². The molecule has 5 nitrogen and oxygen atoms in total. The van der Waals surface area contributed by atoms with Gasteiger partial charge in [0.1, 0.15) is 12.2 Å². The Bertz CT molecular complexity index is 710. The van der Waals surface area contributed by atoms with Crippen molar-refractivity contribution in [2.24, 2.45) is 0 Å². The van der Waals surface area contributed by atoms with E-state index in [2.05, 4.69) is 4.98 Å². The highest BCUT2D eigenvalue weighted by Crippen LogP contribution is 2.22. The van der Waals surface area contributed by atoms with Crippen LogP contribution in [-0.2, 0) is 20.9 Å². The zero-order valence-electron chi connectivity index (χ0n) is 13.4. The Morgan fingerprint density at radius 3 is 2.61 bits per heavy atom. The first-order chi connectivity index (χ1) is 11.2. The maximum absolute atomic E-state index is 11.9. The fraction of sp³-hybridized carbons (Fsp3) is 0.222. The molecule has 0 spiro atoms. The van der Waals surface area contributed by atoms with Crippen LogP contribution in [0.2, 0.25) is 0 Å². The van der Waals surface area contributed by atoms with Crippen molar-refractivity contribution < 1.29 is 19.0 Å². The van der Waals surface area contributed by atoms with Crippen molar-refractivity contribution in [1.29, 1.82) is 0 Å². The van der Waals surface area contributed by atoms with Crippen LogP contribution in [0.5, 0.6) is 5.88 Å². The number of esters is 1. The van der Waals surface area contributed by atoms with E-state index < -0.39 is 5.97 Å². The topological polar surface area (TPSA) is 57.7 Å². The molecule has 0 unspecified atom stereocenters. The molecular weight excluding hydrogens is 294 g/mol. The van der Waals surface area contributed by atoms with Gasteiger partial charge in [0.05, 0.1) is 20.5 Å². The maximum Gasteiger partial charge on any atom is 0.341 e. The molecule has 120 valence electrons. The molecular formula is C18H19NO4. The molecule has 0 atom stereocenters. The van der Waals surface area contributed by atoms with Crippen molar-refractivity contribution in [2.75, 3.05) is 14.2 Å². The summed E-state index contributed by atoms with van der Waals surface area (Å²) in [4.78, 5) is 16.2. The molecule has 0 fully saturated rings. The van der Waals surface area contributed by atoms with Gasteiger partial charge in [-0.1, -0.05) is 30.3 Å². The summed E-state index contributed by atoms with van der Waals surface area (Å²) in [6.45, 7) is 2.18. The molecule has 0 saturated heterocycles. The number of aromatic nitrogens is 1. The van der Waals surface area contributed by atoms with Crippen LogP contribution in [-0.4, -0.2) is 25.2 Å². The monoisotopic (exact) mass is 313 g/mol. The number of carbonyl (C=O) groups excluding carboxylic acids is 1. The Balaban J connectivity index is 2.26. The average Bonchev–Trinajstić information content (AvgIpc) is 2.58. The van der Waals surface area contributed by atoms with Crippen LogP contribution >= 0.6 is 0 Å². The fourth-order valence-electron chi connectivity index (χ4n) is 2.11. The van der Waals surface area contributed by atoms with Gasteiger partial charge in [0.15, 0.2) is 0 Å². The summed E-state index contributed by atoms with van der Waals surface area (Å²) in [6, 6.07) is 13.0. The van der Waals surface area contributed by atoms with Crippen LogP contribution in [0.15, 0.2) is 48.7 Å². The van der Waals surface area contributed by atoms with Gasteiger partial charge in [-0.05, 0) is 24.1 Å². The maximum atomic E-state index is 11.9. The second-order valence-corrected chi connectivity index (χ2v) is 4.82. The van der Waals surface area contributed by atoms with E-state index in [-0.39, 0.29) is 6.61 Å². The SMILES string of the molecule is CO/C=C(/C(=O)OC)c1ccccc1COc1cccc(C)n1. The van der Waals surface area contributed by atoms with E-state index in [0.717, 1.165) is 11.3 Å². The van der Waals surface area contributed by atoms with Crippen molar-refractivity contribution >= 4 is 11.5 Å². The van der Waals surface area contributed by atoms with Crippen molar-refractivity contribution in [2.45, 2.75) is 13.5 Å². The molecule has 23 heavy (non-hydrogen) atoms. The third-order valence-corrected chi connectivity index (χ3v) is 3.19. The van der Waals surface area contributed by atoms with Crippen molar-refractivity contribution in [3.63, 3.8) is 0 Å². The minimum absolute atomic E-state index is 0.282. The molecule has 0 amide bonds. The van der Waals surface area contributed by atoms with Gasteiger partial charge in [-0.15, -0.1) is 0 Å². The summed E-state index contributed by atoms with van der Waals surface area (Å²) in [7, 11) is 2.82. The van der Waals surface area contributed by atoms with Crippen LogP contribution < -0.4 is 4.74 Å². The number of ether oxygens (including phenoxy) is 3. The number of aryl methyl sites for hydroxylation is 1. The van der Waals surface area contributed by atoms with E-state index in [1.807, 2.05) is 43.3 Å². The first-order valence-corrected chi connectivity index (χ1v) is 7.11. The number of hydrogen-bond donors (Lipinski definition) is 0. The Hall–Kier alpha value is -2.82. The lowest BCUT2D eigenvalue weighted by molar-refractivity contribution is -0.133. The summed E-state index contributed by atoms with van der Waals surface area (Å²) >= 11 is 0. The second-order valence-electron chi connectivity index (χ2n) is 4.82. The summed E-state index contributed by atoms with van der Waals surface area (Å²) in [5.41, 5.74) is 2.76. The molecule has 1 heterocycles. The molecule has 2 aromatic rings. The predicted molar refractivity (Wildman–Crippen MR) is 86.8 cm³/mol. The smallest absolute Gasteiger partial charge is 0.341 e. The van der Waals surface area contributed by atoms with Crippen molar-refractivity contribution in [3.8, 4) is 5.88 Å². The first kappa shape index (κ1) is 16.5. The predicted octanol–water partition coefficient (Wildman–Crippen LogP) is 3.13. The molecule has 1 aromatic carbocycles. The summed E-state index contributed by atoms with van der Waals surface area (Å²) in [5, 5.41) is 0. The molecule has 0 bridgehead atoms. The molecule has 1 aromatic heterocycles. The van der Waals surface area contributed by atoms with Crippen molar-refractivity contribution in [3.05, 3.63) is 65.5 Å². The number of benzene rings is 1. The van der Waals surface area contributed by atoms with E-state index >= 15 is 0 Å². The Labute approximate surface area is 135 Å². The van der Waals surface area contributed by atoms with Crippen molar-refractivity contribution in [1.82, 2.24) is 4.98 Å². The molecule has 2 rings (SSSR count). The van der Waals surface area contributed by atoms with Gasteiger partial charge in [-0.2, -0.15) is 0 Å². The number of rotatable bonds is 6.